The highest BCUT2D eigenvalue weighted by Gasteiger charge is 2.22. The molecule has 302 valence electrons. The van der Waals surface area contributed by atoms with Crippen LogP contribution >= 0.6 is 23.1 Å². The summed E-state index contributed by atoms with van der Waals surface area (Å²) in [6, 6.07) is 56.9. The molecule has 0 fully saturated rings. The van der Waals surface area contributed by atoms with Gasteiger partial charge in [0.1, 0.15) is 10.0 Å². The van der Waals surface area contributed by atoms with E-state index in [2.05, 4.69) is 208 Å². The van der Waals surface area contributed by atoms with Crippen molar-refractivity contribution in [3.05, 3.63) is 169 Å². The normalized spacial score (nSPS) is 12.4. The molecule has 0 radical (unpaired) electrons. The highest BCUT2D eigenvalue weighted by molar-refractivity contribution is 7.09. The Kier molecular flexibility index (Phi) is 8.89. The van der Waals surface area contributed by atoms with Crippen LogP contribution in [0.3, 0.4) is 0 Å². The lowest BCUT2D eigenvalue weighted by atomic mass is 9.87. The molecule has 0 aliphatic heterocycles. The third kappa shape index (κ3) is 6.44. The van der Waals surface area contributed by atoms with Gasteiger partial charge in [-0.25, -0.2) is 9.97 Å². The Balaban J connectivity index is 0.955. The van der Waals surface area contributed by atoms with Gasteiger partial charge in [0.05, 0.1) is 22.1 Å². The third-order valence-electron chi connectivity index (χ3n) is 12.1. The summed E-state index contributed by atoms with van der Waals surface area (Å²) in [7, 11) is 0. The Labute approximate surface area is 369 Å². The van der Waals surface area contributed by atoms with Gasteiger partial charge < -0.3 is 9.13 Å². The fourth-order valence-electron chi connectivity index (χ4n) is 8.74. The number of hydrogen-bond donors (Lipinski definition) is 0. The summed E-state index contributed by atoms with van der Waals surface area (Å²) in [4.78, 5) is 9.92. The number of rotatable bonds is 6. The highest BCUT2D eigenvalue weighted by atomic mass is 32.1. The summed E-state index contributed by atoms with van der Waals surface area (Å²) < 4.78 is 14.3. The van der Waals surface area contributed by atoms with Gasteiger partial charge in [-0.1, -0.05) is 126 Å². The van der Waals surface area contributed by atoms with E-state index in [0.717, 1.165) is 55.3 Å². The van der Waals surface area contributed by atoms with Crippen LogP contribution in [-0.4, -0.2) is 27.8 Å². The zero-order valence-electron chi connectivity index (χ0n) is 35.5. The molecule has 0 aliphatic rings. The Morgan fingerprint density at radius 3 is 1.10 bits per heavy atom. The van der Waals surface area contributed by atoms with Crippen molar-refractivity contribution in [1.29, 1.82) is 0 Å². The predicted molar refractivity (Wildman–Crippen MR) is 261 cm³/mol. The van der Waals surface area contributed by atoms with Gasteiger partial charge in [-0.2, -0.15) is 8.75 Å². The molecule has 6 nitrogen and oxygen atoms in total. The molecule has 0 amide bonds. The van der Waals surface area contributed by atoms with Crippen LogP contribution in [0.2, 0.25) is 0 Å². The molecule has 0 N–H and O–H groups in total. The monoisotopic (exact) mass is 840 g/mol. The van der Waals surface area contributed by atoms with Crippen molar-refractivity contribution >= 4 is 66.7 Å². The summed E-state index contributed by atoms with van der Waals surface area (Å²) in [5, 5.41) is 6.76. The minimum atomic E-state index is 0.100. The molecule has 7 aromatic carbocycles. The van der Waals surface area contributed by atoms with Crippen molar-refractivity contribution in [2.75, 3.05) is 0 Å². The molecule has 11 rings (SSSR count). The number of para-hydroxylation sites is 2. The van der Waals surface area contributed by atoms with E-state index in [-0.39, 0.29) is 10.8 Å². The van der Waals surface area contributed by atoms with E-state index in [4.69, 9.17) is 18.7 Å². The quantitative estimate of drug-likeness (QED) is 0.167. The van der Waals surface area contributed by atoms with Gasteiger partial charge >= 0.3 is 0 Å². The van der Waals surface area contributed by atoms with Crippen LogP contribution in [-0.2, 0) is 10.8 Å². The fourth-order valence-corrected chi connectivity index (χ4v) is 10.1. The summed E-state index contributed by atoms with van der Waals surface area (Å²) in [5.41, 5.74) is 13.9. The maximum absolute atomic E-state index is 4.96. The number of nitrogens with zero attached hydrogens (tertiary/aromatic N) is 6. The van der Waals surface area contributed by atoms with Crippen LogP contribution in [0.25, 0.3) is 98.9 Å². The van der Waals surface area contributed by atoms with Gasteiger partial charge in [0, 0.05) is 55.2 Å². The van der Waals surface area contributed by atoms with Gasteiger partial charge in [0.25, 0.3) is 0 Å². The Hall–Kier alpha value is -6.74. The standard InChI is InChI=1S/C54H44N6S2/c1-53(2,3)37-23-15-33(16-24-37)49-55-51(61-57-49)35-19-27-39(28-20-35)59-43-13-9-7-11-41(43)47-45(59)31-32-46-48(47)42-12-8-10-14-44(42)60(46)40-29-21-36(22-30-40)52-56-50(58-62-52)34-17-25-38(26-18-34)54(4,5)6/h7-32H,1-6H3. The van der Waals surface area contributed by atoms with Crippen LogP contribution in [0.5, 0.6) is 0 Å². The van der Waals surface area contributed by atoms with Crippen molar-refractivity contribution < 1.29 is 0 Å². The molecule has 4 aromatic heterocycles. The second-order valence-electron chi connectivity index (χ2n) is 18.2. The van der Waals surface area contributed by atoms with Crippen LogP contribution < -0.4 is 0 Å². The zero-order chi connectivity index (χ0) is 42.3. The fraction of sp³-hybridized carbons (Fsp3) is 0.148. The summed E-state index contributed by atoms with van der Waals surface area (Å²) in [6.45, 7) is 13.4. The van der Waals surface area contributed by atoms with E-state index in [0.29, 0.717) is 0 Å². The predicted octanol–water partition coefficient (Wildman–Crippen LogP) is 14.8. The topological polar surface area (TPSA) is 61.4 Å². The van der Waals surface area contributed by atoms with Gasteiger partial charge in [0.15, 0.2) is 11.6 Å². The molecular formula is C54H44N6S2. The highest BCUT2D eigenvalue weighted by Crippen LogP contribution is 2.43. The van der Waals surface area contributed by atoms with E-state index in [9.17, 15) is 0 Å². The van der Waals surface area contributed by atoms with E-state index in [1.54, 1.807) is 0 Å². The molecule has 0 saturated carbocycles. The van der Waals surface area contributed by atoms with Crippen molar-refractivity contribution in [3.63, 3.8) is 0 Å². The molecule has 8 heteroatoms. The molecule has 0 bridgehead atoms. The zero-order valence-corrected chi connectivity index (χ0v) is 37.1. The molecule has 0 saturated heterocycles. The number of fused-ring (bicyclic) bond motifs is 7. The van der Waals surface area contributed by atoms with Crippen LogP contribution in [0.1, 0.15) is 52.7 Å². The van der Waals surface area contributed by atoms with Crippen molar-refractivity contribution in [1.82, 2.24) is 27.8 Å². The second-order valence-corrected chi connectivity index (χ2v) is 19.7. The first kappa shape index (κ1) is 38.2. The Morgan fingerprint density at radius 1 is 0.371 bits per heavy atom. The van der Waals surface area contributed by atoms with Gasteiger partial charge in [-0.15, -0.1) is 0 Å². The Bertz CT molecular complexity index is 3210. The minimum Gasteiger partial charge on any atom is -0.309 e. The number of hydrogen-bond acceptors (Lipinski definition) is 6. The first-order chi connectivity index (χ1) is 30.0. The largest absolute Gasteiger partial charge is 0.309 e. The summed E-state index contributed by atoms with van der Waals surface area (Å²) in [6.07, 6.45) is 0. The molecule has 0 spiro atoms. The van der Waals surface area contributed by atoms with Crippen LogP contribution in [0.4, 0.5) is 0 Å². The van der Waals surface area contributed by atoms with Crippen molar-refractivity contribution in [2.45, 2.75) is 52.4 Å². The van der Waals surface area contributed by atoms with E-state index >= 15 is 0 Å². The maximum Gasteiger partial charge on any atom is 0.173 e. The third-order valence-corrected chi connectivity index (χ3v) is 13.6. The lowest BCUT2D eigenvalue weighted by Gasteiger charge is -2.18. The van der Waals surface area contributed by atoms with Crippen LogP contribution in [0, 0.1) is 0 Å². The van der Waals surface area contributed by atoms with Crippen LogP contribution in [0.15, 0.2) is 158 Å². The molecule has 0 atom stereocenters. The first-order valence-corrected chi connectivity index (χ1v) is 22.6. The molecule has 0 unspecified atom stereocenters. The lowest BCUT2D eigenvalue weighted by Crippen LogP contribution is -2.10. The SMILES string of the molecule is CC(C)(C)c1ccc(-c2nsc(-c3ccc(-n4c5ccccc5c5c6c7ccccc7n(-c7ccc(-c8nc(-c9ccc(C(C)(C)C)cc9)ns8)cc7)c6ccc54)cc3)n2)cc1. The van der Waals surface area contributed by atoms with Gasteiger partial charge in [-0.3, -0.25) is 0 Å². The van der Waals surface area contributed by atoms with E-state index in [1.165, 1.54) is 77.8 Å². The number of aromatic nitrogens is 6. The molecule has 62 heavy (non-hydrogen) atoms. The number of benzene rings is 7. The average molecular weight is 841 g/mol. The average Bonchev–Trinajstić information content (AvgIpc) is 4.10. The lowest BCUT2D eigenvalue weighted by molar-refractivity contribution is 0.590. The second kappa shape index (κ2) is 14.4. The molecule has 0 aliphatic carbocycles. The summed E-state index contributed by atoms with van der Waals surface area (Å²) in [5.74, 6) is 1.53. The minimum absolute atomic E-state index is 0.100. The van der Waals surface area contributed by atoms with E-state index in [1.807, 2.05) is 0 Å². The molecule has 11 aromatic rings. The van der Waals surface area contributed by atoms with Crippen molar-refractivity contribution in [2.24, 2.45) is 0 Å². The summed E-state index contributed by atoms with van der Waals surface area (Å²) >= 11 is 2.89. The first-order valence-electron chi connectivity index (χ1n) is 21.1. The maximum atomic E-state index is 4.96. The van der Waals surface area contributed by atoms with Crippen molar-refractivity contribution in [3.8, 4) is 55.3 Å². The Morgan fingerprint density at radius 2 is 0.726 bits per heavy atom. The smallest absolute Gasteiger partial charge is 0.173 e. The molecule has 4 heterocycles. The van der Waals surface area contributed by atoms with Gasteiger partial charge in [-0.05, 0) is 118 Å². The molecular weight excluding hydrogens is 797 g/mol. The van der Waals surface area contributed by atoms with Gasteiger partial charge in [0.2, 0.25) is 0 Å². The van der Waals surface area contributed by atoms with E-state index < -0.39 is 0 Å².